The fourth-order valence-electron chi connectivity index (χ4n) is 2.56. The van der Waals surface area contributed by atoms with Gasteiger partial charge in [-0.25, -0.2) is 20.8 Å². The van der Waals surface area contributed by atoms with E-state index in [4.69, 9.17) is 23.0 Å². The number of fused-ring (bicyclic) bond motifs is 1. The Bertz CT molecular complexity index is 966. The number of nitrogen functional groups attached to an aromatic ring is 1. The molecule has 0 unspecified atom stereocenters. The Hall–Kier alpha value is -3.43. The van der Waals surface area contributed by atoms with E-state index in [1.54, 1.807) is 19.4 Å². The molecule has 0 aliphatic carbocycles. The first-order valence-corrected chi connectivity index (χ1v) is 7.91. The summed E-state index contributed by atoms with van der Waals surface area (Å²) in [7, 11) is 1.68. The van der Waals surface area contributed by atoms with Crippen LogP contribution < -0.4 is 28.4 Å². The fourth-order valence-corrected chi connectivity index (χ4v) is 2.56. The van der Waals surface area contributed by atoms with E-state index in [-0.39, 0.29) is 0 Å². The lowest BCUT2D eigenvalue weighted by Crippen LogP contribution is -2.25. The Morgan fingerprint density at radius 1 is 1.23 bits per heavy atom. The summed E-state index contributed by atoms with van der Waals surface area (Å²) in [4.78, 5) is 13.0. The zero-order chi connectivity index (χ0) is 18.7. The Labute approximate surface area is 150 Å². The number of hydrogen-bond acceptors (Lipinski definition) is 9. The highest BCUT2D eigenvalue weighted by Gasteiger charge is 2.11. The van der Waals surface area contributed by atoms with E-state index in [1.165, 1.54) is 11.2 Å². The molecule has 9 heteroatoms. The van der Waals surface area contributed by atoms with Crippen LogP contribution in [-0.2, 0) is 6.54 Å². The summed E-state index contributed by atoms with van der Waals surface area (Å²) in [6.07, 6.45) is 4.74. The van der Waals surface area contributed by atoms with Gasteiger partial charge >= 0.3 is 0 Å². The fraction of sp³-hybridized carbons (Fsp3) is 0.118. The number of hydrogen-bond donors (Lipinski definition) is 5. The predicted octanol–water partition coefficient (Wildman–Crippen LogP) is 0.872. The third-order valence-corrected chi connectivity index (χ3v) is 3.86. The summed E-state index contributed by atoms with van der Waals surface area (Å²) in [5.41, 5.74) is 19.5. The predicted molar refractivity (Wildman–Crippen MR) is 103 cm³/mol. The lowest BCUT2D eigenvalue weighted by atomic mass is 10.1. The van der Waals surface area contributed by atoms with Crippen LogP contribution in [-0.4, -0.2) is 27.0 Å². The second-order valence-electron chi connectivity index (χ2n) is 5.72. The molecule has 0 aliphatic rings. The molecular weight excluding hydrogens is 330 g/mol. The first-order valence-electron chi connectivity index (χ1n) is 7.91. The van der Waals surface area contributed by atoms with Crippen LogP contribution in [0.25, 0.3) is 16.5 Å². The van der Waals surface area contributed by atoms with Crippen molar-refractivity contribution in [2.24, 2.45) is 17.3 Å². The minimum absolute atomic E-state index is 0.348. The van der Waals surface area contributed by atoms with E-state index in [0.29, 0.717) is 35.4 Å². The van der Waals surface area contributed by atoms with Gasteiger partial charge in [0.15, 0.2) is 0 Å². The number of pyridine rings is 3. The highest BCUT2D eigenvalue weighted by Crippen LogP contribution is 2.26. The molecule has 3 rings (SSSR count). The average molecular weight is 351 g/mol. The van der Waals surface area contributed by atoms with Crippen molar-refractivity contribution in [2.45, 2.75) is 6.54 Å². The average Bonchev–Trinajstić information content (AvgIpc) is 2.62. The molecule has 0 amide bonds. The van der Waals surface area contributed by atoms with Crippen LogP contribution in [0.3, 0.4) is 0 Å². The van der Waals surface area contributed by atoms with Gasteiger partial charge < -0.3 is 27.5 Å². The Balaban J connectivity index is 2.01. The third kappa shape index (κ3) is 3.48. The first kappa shape index (κ1) is 17.4. The molecule has 0 saturated heterocycles. The topological polar surface area (TPSA) is 158 Å². The smallest absolute Gasteiger partial charge is 0.133 e. The molecule has 0 spiro atoms. The molecule has 0 aliphatic heterocycles. The number of hydrazine groups is 1. The summed E-state index contributed by atoms with van der Waals surface area (Å²) in [5, 5.41) is 6.13. The zero-order valence-corrected chi connectivity index (χ0v) is 14.3. The summed E-state index contributed by atoms with van der Waals surface area (Å²) in [6.45, 7) is 0.439. The van der Waals surface area contributed by atoms with E-state index in [0.717, 1.165) is 16.3 Å². The molecule has 3 aromatic heterocycles. The maximum atomic E-state index is 6.07. The summed E-state index contributed by atoms with van der Waals surface area (Å²) in [5.74, 6) is 7.42. The quantitative estimate of drug-likeness (QED) is 0.332. The van der Waals surface area contributed by atoms with Gasteiger partial charge in [0.05, 0.1) is 11.4 Å². The number of anilines is 3. The summed E-state index contributed by atoms with van der Waals surface area (Å²) < 4.78 is 0. The molecule has 9 nitrogen and oxygen atoms in total. The first-order chi connectivity index (χ1) is 12.5. The van der Waals surface area contributed by atoms with Gasteiger partial charge in [0, 0.05) is 37.6 Å². The maximum absolute atomic E-state index is 6.07. The van der Waals surface area contributed by atoms with Gasteiger partial charge in [-0.05, 0) is 35.2 Å². The van der Waals surface area contributed by atoms with Crippen LogP contribution >= 0.6 is 0 Å². The normalized spacial score (nSPS) is 11.6. The van der Waals surface area contributed by atoms with Crippen LogP contribution in [0.2, 0.25) is 0 Å². The molecule has 0 saturated carbocycles. The molecule has 0 atom stereocenters. The van der Waals surface area contributed by atoms with Crippen molar-refractivity contribution in [3.8, 4) is 0 Å². The molecule has 0 fully saturated rings. The SMILES string of the molecule is CN(N)/C(=C\N)c1cc2cc(Nc3cc(CN)ccn3)ncc2c(N)n1. The van der Waals surface area contributed by atoms with E-state index < -0.39 is 0 Å². The van der Waals surface area contributed by atoms with E-state index >= 15 is 0 Å². The van der Waals surface area contributed by atoms with Crippen LogP contribution in [0.5, 0.6) is 0 Å². The van der Waals surface area contributed by atoms with Gasteiger partial charge in [-0.15, -0.1) is 0 Å². The van der Waals surface area contributed by atoms with Crippen molar-refractivity contribution < 1.29 is 0 Å². The van der Waals surface area contributed by atoms with Crippen molar-refractivity contribution in [3.05, 3.63) is 54.1 Å². The van der Waals surface area contributed by atoms with Gasteiger partial charge in [-0.2, -0.15) is 0 Å². The molecule has 0 radical (unpaired) electrons. The molecule has 9 N–H and O–H groups in total. The second kappa shape index (κ2) is 7.21. The molecule has 0 bridgehead atoms. The number of nitrogens with zero attached hydrogens (tertiary/aromatic N) is 4. The Morgan fingerprint density at radius 3 is 2.69 bits per heavy atom. The summed E-state index contributed by atoms with van der Waals surface area (Å²) in [6, 6.07) is 7.45. The number of rotatable bonds is 5. The van der Waals surface area contributed by atoms with Crippen molar-refractivity contribution in [2.75, 3.05) is 18.1 Å². The van der Waals surface area contributed by atoms with Crippen LogP contribution in [0.4, 0.5) is 17.5 Å². The molecule has 3 aromatic rings. The standard InChI is InChI=1S/C17H21N9/c1-26(21)14(8-19)13-5-11-6-16(23-9-12(11)17(20)24-13)25-15-4-10(7-18)2-3-22-15/h2-6,8-9H,7,18-19,21H2,1H3,(H2,20,24)(H,22,23,25)/b14-8-. The lowest BCUT2D eigenvalue weighted by molar-refractivity contribution is 0.508. The largest absolute Gasteiger partial charge is 0.403 e. The molecule has 3 heterocycles. The van der Waals surface area contributed by atoms with E-state index in [2.05, 4.69) is 20.3 Å². The van der Waals surface area contributed by atoms with E-state index in [1.807, 2.05) is 24.3 Å². The number of nitrogens with two attached hydrogens (primary N) is 4. The van der Waals surface area contributed by atoms with Crippen molar-refractivity contribution in [3.63, 3.8) is 0 Å². The van der Waals surface area contributed by atoms with E-state index in [9.17, 15) is 0 Å². The number of aromatic nitrogens is 3. The van der Waals surface area contributed by atoms with Crippen LogP contribution in [0.15, 0.2) is 42.9 Å². The van der Waals surface area contributed by atoms with Gasteiger partial charge in [-0.3, -0.25) is 0 Å². The number of nitrogens with one attached hydrogen (secondary N) is 1. The molecular formula is C17H21N9. The molecule has 134 valence electrons. The van der Waals surface area contributed by atoms with Crippen LogP contribution in [0, 0.1) is 0 Å². The lowest BCUT2D eigenvalue weighted by Gasteiger charge is -2.16. The monoisotopic (exact) mass is 351 g/mol. The minimum Gasteiger partial charge on any atom is -0.403 e. The summed E-state index contributed by atoms with van der Waals surface area (Å²) >= 11 is 0. The zero-order valence-electron chi connectivity index (χ0n) is 14.3. The van der Waals surface area contributed by atoms with Crippen molar-refractivity contribution in [1.82, 2.24) is 20.0 Å². The van der Waals surface area contributed by atoms with Gasteiger partial charge in [0.2, 0.25) is 0 Å². The third-order valence-electron chi connectivity index (χ3n) is 3.86. The highest BCUT2D eigenvalue weighted by atomic mass is 15.4. The highest BCUT2D eigenvalue weighted by molar-refractivity contribution is 5.93. The minimum atomic E-state index is 0.348. The van der Waals surface area contributed by atoms with Crippen molar-refractivity contribution >= 4 is 33.9 Å². The van der Waals surface area contributed by atoms with Gasteiger partial charge in [0.25, 0.3) is 0 Å². The van der Waals surface area contributed by atoms with Gasteiger partial charge in [0.1, 0.15) is 17.5 Å². The maximum Gasteiger partial charge on any atom is 0.133 e. The van der Waals surface area contributed by atoms with Crippen molar-refractivity contribution in [1.29, 1.82) is 0 Å². The Morgan fingerprint density at radius 2 is 2.00 bits per heavy atom. The van der Waals surface area contributed by atoms with Gasteiger partial charge in [-0.1, -0.05) is 0 Å². The van der Waals surface area contributed by atoms with Crippen LogP contribution in [0.1, 0.15) is 11.3 Å². The molecule has 26 heavy (non-hydrogen) atoms. The second-order valence-corrected chi connectivity index (χ2v) is 5.72. The Kier molecular flexibility index (Phi) is 4.83. The molecule has 0 aromatic carbocycles.